The highest BCUT2D eigenvalue weighted by molar-refractivity contribution is 5.30. The van der Waals surface area contributed by atoms with Crippen LogP contribution in [0.15, 0.2) is 23.5 Å². The minimum atomic E-state index is -0.164. The first-order chi connectivity index (χ1) is 12.0. The lowest BCUT2D eigenvalue weighted by atomic mass is 10.1. The summed E-state index contributed by atoms with van der Waals surface area (Å²) in [4.78, 5) is 28.5. The van der Waals surface area contributed by atoms with Gasteiger partial charge in [0, 0.05) is 45.1 Å². The molecule has 1 saturated heterocycles. The van der Waals surface area contributed by atoms with E-state index in [4.69, 9.17) is 4.74 Å². The van der Waals surface area contributed by atoms with Crippen LogP contribution in [0.25, 0.3) is 5.95 Å². The zero-order valence-electron chi connectivity index (χ0n) is 15.1. The maximum atomic E-state index is 12.5. The molecule has 0 radical (unpaired) electrons. The Morgan fingerprint density at radius 3 is 2.68 bits per heavy atom. The predicted octanol–water partition coefficient (Wildman–Crippen LogP) is 0.705. The highest BCUT2D eigenvalue weighted by atomic mass is 16.5. The van der Waals surface area contributed by atoms with E-state index >= 15 is 0 Å². The molecular weight excluding hydrogens is 320 g/mol. The van der Waals surface area contributed by atoms with Gasteiger partial charge in [-0.25, -0.2) is 4.98 Å². The summed E-state index contributed by atoms with van der Waals surface area (Å²) in [6, 6.07) is 0. The second-order valence-electron chi connectivity index (χ2n) is 6.73. The van der Waals surface area contributed by atoms with Crippen molar-refractivity contribution in [2.24, 2.45) is 0 Å². The third-order valence-corrected chi connectivity index (χ3v) is 4.48. The molecule has 0 aromatic carbocycles. The Balaban J connectivity index is 1.73. The molecule has 136 valence electrons. The number of nitrogens with one attached hydrogen (secondary N) is 1. The standard InChI is InChI=1S/C17H26N6O2/c1-13(2)14-15(24)19-17(23-5-4-18-12-23)20-16(14)25-11-10-22-8-6-21(3)7-9-22/h4-5,12-13H,6-11H2,1-3H3,(H,19,20,24). The molecule has 8 nitrogen and oxygen atoms in total. The van der Waals surface area contributed by atoms with E-state index in [9.17, 15) is 4.79 Å². The molecule has 3 heterocycles. The average Bonchev–Trinajstić information content (AvgIpc) is 3.10. The van der Waals surface area contributed by atoms with E-state index in [0.717, 1.165) is 32.7 Å². The molecule has 1 aliphatic rings. The van der Waals surface area contributed by atoms with Crippen LogP contribution >= 0.6 is 0 Å². The van der Waals surface area contributed by atoms with Crippen LogP contribution in [0, 0.1) is 0 Å². The summed E-state index contributed by atoms with van der Waals surface area (Å²) in [5, 5.41) is 0. The van der Waals surface area contributed by atoms with Gasteiger partial charge in [-0.3, -0.25) is 19.2 Å². The molecule has 0 saturated carbocycles. The summed E-state index contributed by atoms with van der Waals surface area (Å²) in [5.74, 6) is 0.866. The van der Waals surface area contributed by atoms with E-state index in [1.54, 1.807) is 23.3 Å². The largest absolute Gasteiger partial charge is 0.476 e. The summed E-state index contributed by atoms with van der Waals surface area (Å²) < 4.78 is 7.59. The van der Waals surface area contributed by atoms with Crippen molar-refractivity contribution >= 4 is 0 Å². The number of aromatic nitrogens is 4. The summed E-state index contributed by atoms with van der Waals surface area (Å²) in [5.41, 5.74) is 0.422. The van der Waals surface area contributed by atoms with Crippen LogP contribution in [0.5, 0.6) is 5.88 Å². The number of H-pyrrole nitrogens is 1. The summed E-state index contributed by atoms with van der Waals surface area (Å²) in [6.07, 6.45) is 4.98. The van der Waals surface area contributed by atoms with Crippen LogP contribution in [0.1, 0.15) is 25.3 Å². The van der Waals surface area contributed by atoms with Crippen molar-refractivity contribution in [2.75, 3.05) is 46.4 Å². The molecule has 1 aliphatic heterocycles. The third kappa shape index (κ3) is 4.26. The van der Waals surface area contributed by atoms with Crippen molar-refractivity contribution in [3.8, 4) is 11.8 Å². The molecule has 0 unspecified atom stereocenters. The highest BCUT2D eigenvalue weighted by Crippen LogP contribution is 2.21. The fourth-order valence-electron chi connectivity index (χ4n) is 2.92. The minimum Gasteiger partial charge on any atom is -0.476 e. The molecule has 8 heteroatoms. The van der Waals surface area contributed by atoms with E-state index < -0.39 is 0 Å². The Labute approximate surface area is 147 Å². The van der Waals surface area contributed by atoms with Gasteiger partial charge in [0.15, 0.2) is 0 Å². The van der Waals surface area contributed by atoms with Gasteiger partial charge in [-0.05, 0) is 13.0 Å². The topological polar surface area (TPSA) is 79.3 Å². The number of likely N-dealkylation sites (N-methyl/N-ethyl adjacent to an activating group) is 1. The molecule has 0 amide bonds. The van der Waals surface area contributed by atoms with Crippen LogP contribution in [-0.4, -0.2) is 75.7 Å². The zero-order valence-corrected chi connectivity index (χ0v) is 15.1. The molecule has 1 fully saturated rings. The second kappa shape index (κ2) is 7.79. The van der Waals surface area contributed by atoms with Crippen LogP contribution in [0.4, 0.5) is 0 Å². The van der Waals surface area contributed by atoms with E-state index in [1.165, 1.54) is 0 Å². The summed E-state index contributed by atoms with van der Waals surface area (Å²) in [6.45, 7) is 9.52. The van der Waals surface area contributed by atoms with Crippen molar-refractivity contribution in [1.29, 1.82) is 0 Å². The quantitative estimate of drug-likeness (QED) is 0.830. The van der Waals surface area contributed by atoms with Gasteiger partial charge in [-0.2, -0.15) is 4.98 Å². The maximum absolute atomic E-state index is 12.5. The lowest BCUT2D eigenvalue weighted by Crippen LogP contribution is -2.45. The van der Waals surface area contributed by atoms with Crippen LogP contribution in [0.3, 0.4) is 0 Å². The monoisotopic (exact) mass is 346 g/mol. The molecule has 3 rings (SSSR count). The zero-order chi connectivity index (χ0) is 17.8. The van der Waals surface area contributed by atoms with Crippen molar-refractivity contribution in [1.82, 2.24) is 29.3 Å². The molecule has 0 aliphatic carbocycles. The van der Waals surface area contributed by atoms with Crippen molar-refractivity contribution in [3.63, 3.8) is 0 Å². The molecular formula is C17H26N6O2. The molecule has 1 N–H and O–H groups in total. The molecule has 2 aromatic rings. The SMILES string of the molecule is CC(C)c1c(OCCN2CCN(C)CC2)nc(-n2ccnc2)[nH]c1=O. The number of ether oxygens (including phenoxy) is 1. The second-order valence-corrected chi connectivity index (χ2v) is 6.73. The Morgan fingerprint density at radius 1 is 1.28 bits per heavy atom. The normalized spacial score (nSPS) is 16.5. The van der Waals surface area contributed by atoms with E-state index in [1.807, 2.05) is 13.8 Å². The van der Waals surface area contributed by atoms with Gasteiger partial charge in [0.2, 0.25) is 11.8 Å². The van der Waals surface area contributed by atoms with Crippen molar-refractivity contribution < 1.29 is 4.74 Å². The molecule has 0 atom stereocenters. The van der Waals surface area contributed by atoms with Gasteiger partial charge in [0.1, 0.15) is 12.9 Å². The number of rotatable bonds is 6. The minimum absolute atomic E-state index is 0.0340. The first-order valence-electron chi connectivity index (χ1n) is 8.71. The Hall–Kier alpha value is -2.19. The van der Waals surface area contributed by atoms with Crippen molar-refractivity contribution in [3.05, 3.63) is 34.6 Å². The third-order valence-electron chi connectivity index (χ3n) is 4.48. The van der Waals surface area contributed by atoms with Gasteiger partial charge in [0.25, 0.3) is 5.56 Å². The first-order valence-corrected chi connectivity index (χ1v) is 8.71. The Kier molecular flexibility index (Phi) is 5.50. The van der Waals surface area contributed by atoms with E-state index in [2.05, 4.69) is 31.8 Å². The van der Waals surface area contributed by atoms with E-state index in [0.29, 0.717) is 24.0 Å². The summed E-state index contributed by atoms with van der Waals surface area (Å²) >= 11 is 0. The number of aromatic amines is 1. The Morgan fingerprint density at radius 2 is 2.04 bits per heavy atom. The lowest BCUT2D eigenvalue weighted by Gasteiger charge is -2.32. The number of imidazole rings is 1. The fraction of sp³-hybridized carbons (Fsp3) is 0.588. The van der Waals surface area contributed by atoms with Gasteiger partial charge in [-0.1, -0.05) is 13.8 Å². The lowest BCUT2D eigenvalue weighted by molar-refractivity contribution is 0.132. The van der Waals surface area contributed by atoms with E-state index in [-0.39, 0.29) is 11.5 Å². The molecule has 2 aromatic heterocycles. The number of hydrogen-bond acceptors (Lipinski definition) is 6. The smallest absolute Gasteiger partial charge is 0.259 e. The highest BCUT2D eigenvalue weighted by Gasteiger charge is 2.18. The first kappa shape index (κ1) is 17.6. The number of piperazine rings is 1. The fourth-order valence-corrected chi connectivity index (χ4v) is 2.92. The van der Waals surface area contributed by atoms with Crippen LogP contribution in [-0.2, 0) is 0 Å². The maximum Gasteiger partial charge on any atom is 0.259 e. The number of hydrogen-bond donors (Lipinski definition) is 1. The number of nitrogens with zero attached hydrogens (tertiary/aromatic N) is 5. The van der Waals surface area contributed by atoms with Gasteiger partial charge >= 0.3 is 0 Å². The van der Waals surface area contributed by atoms with Gasteiger partial charge in [0.05, 0.1) is 5.56 Å². The van der Waals surface area contributed by atoms with Gasteiger partial charge in [-0.15, -0.1) is 0 Å². The van der Waals surface area contributed by atoms with Gasteiger partial charge < -0.3 is 9.64 Å². The molecule has 25 heavy (non-hydrogen) atoms. The Bertz CT molecular complexity index is 732. The predicted molar refractivity (Wildman–Crippen MR) is 95.5 cm³/mol. The molecule has 0 bridgehead atoms. The van der Waals surface area contributed by atoms with Crippen LogP contribution < -0.4 is 10.3 Å². The van der Waals surface area contributed by atoms with Crippen LogP contribution in [0.2, 0.25) is 0 Å². The molecule has 0 spiro atoms. The summed E-state index contributed by atoms with van der Waals surface area (Å²) in [7, 11) is 2.14. The van der Waals surface area contributed by atoms with Crippen molar-refractivity contribution in [2.45, 2.75) is 19.8 Å². The average molecular weight is 346 g/mol.